The summed E-state index contributed by atoms with van der Waals surface area (Å²) in [6, 6.07) is 10.1. The van der Waals surface area contributed by atoms with Crippen LogP contribution in [0, 0.1) is 0 Å². The summed E-state index contributed by atoms with van der Waals surface area (Å²) >= 11 is 25.3. The van der Waals surface area contributed by atoms with Gasteiger partial charge in [0.1, 0.15) is 5.75 Å². The number of rotatable bonds is 9. The Hall–Kier alpha value is -1.90. The Balaban J connectivity index is 1.69. The number of hydrogen-bond donors (Lipinski definition) is 1. The lowest BCUT2D eigenvalue weighted by atomic mass is 10.3. The molecule has 1 N–H and O–H groups in total. The Kier molecular flexibility index (Phi) is 8.73. The third-order valence-electron chi connectivity index (χ3n) is 4.15. The quantitative estimate of drug-likeness (QED) is 0.184. The number of anilines is 1. The third-order valence-corrected chi connectivity index (χ3v) is 6.38. The van der Waals surface area contributed by atoms with Gasteiger partial charge in [0.25, 0.3) is 0 Å². The van der Waals surface area contributed by atoms with Crippen LogP contribution in [0.4, 0.5) is 5.69 Å². The molecule has 32 heavy (non-hydrogen) atoms. The molecule has 168 valence electrons. The molecule has 1 atom stereocenters. The summed E-state index contributed by atoms with van der Waals surface area (Å²) in [5.74, 6) is 1.01. The van der Waals surface area contributed by atoms with Crippen LogP contribution in [0.1, 0.15) is 18.9 Å². The van der Waals surface area contributed by atoms with Crippen molar-refractivity contribution < 1.29 is 9.53 Å². The van der Waals surface area contributed by atoms with Gasteiger partial charge < -0.3 is 10.1 Å². The first-order valence-corrected chi connectivity index (χ1v) is 11.8. The lowest BCUT2D eigenvalue weighted by Crippen LogP contribution is -2.16. The lowest BCUT2D eigenvalue weighted by Gasteiger charge is -2.16. The Morgan fingerprint density at radius 1 is 1.19 bits per heavy atom. The highest BCUT2D eigenvalue weighted by atomic mass is 35.5. The van der Waals surface area contributed by atoms with Gasteiger partial charge in [-0.3, -0.25) is 9.36 Å². The van der Waals surface area contributed by atoms with Crippen molar-refractivity contribution in [2.24, 2.45) is 0 Å². The number of halogens is 4. The van der Waals surface area contributed by atoms with Crippen molar-refractivity contribution in [3.63, 3.8) is 0 Å². The smallest absolute Gasteiger partial charge is 0.234 e. The molecule has 1 heterocycles. The highest BCUT2D eigenvalue weighted by molar-refractivity contribution is 7.99. The van der Waals surface area contributed by atoms with Crippen LogP contribution in [0.25, 0.3) is 0 Å². The van der Waals surface area contributed by atoms with Gasteiger partial charge in [0.05, 0.1) is 26.5 Å². The maximum atomic E-state index is 12.4. The van der Waals surface area contributed by atoms with Crippen LogP contribution in [0.3, 0.4) is 0 Å². The van der Waals surface area contributed by atoms with E-state index in [0.717, 1.165) is 0 Å². The van der Waals surface area contributed by atoms with Gasteiger partial charge in [0.2, 0.25) is 5.91 Å². The second kappa shape index (κ2) is 11.3. The number of nitrogens with zero attached hydrogens (tertiary/aromatic N) is 3. The monoisotopic (exact) mass is 530 g/mol. The molecule has 0 saturated carbocycles. The third kappa shape index (κ3) is 6.33. The van der Waals surface area contributed by atoms with E-state index >= 15 is 0 Å². The number of thioether (sulfide) groups is 1. The van der Waals surface area contributed by atoms with Gasteiger partial charge in [0, 0.05) is 11.6 Å². The molecule has 1 amide bonds. The SMILES string of the molecule is C=CCn1c(SCC(=O)Nc2cc(Cl)c(Cl)cc2Cl)nnc1C(C)Oc1cccc(Cl)c1. The maximum absolute atomic E-state index is 12.4. The number of allylic oxidation sites excluding steroid dienone is 1. The number of amides is 1. The highest BCUT2D eigenvalue weighted by Gasteiger charge is 2.20. The summed E-state index contributed by atoms with van der Waals surface area (Å²) in [5, 5.41) is 13.2. The number of benzene rings is 2. The van der Waals surface area contributed by atoms with Crippen molar-refractivity contribution in [2.45, 2.75) is 24.7 Å². The second-order valence-corrected chi connectivity index (χ2v) is 9.14. The molecule has 11 heteroatoms. The van der Waals surface area contributed by atoms with Crippen molar-refractivity contribution in [2.75, 3.05) is 11.1 Å². The fourth-order valence-corrected chi connectivity index (χ4v) is 4.27. The van der Waals surface area contributed by atoms with Crippen LogP contribution < -0.4 is 10.1 Å². The number of carbonyl (C=O) groups excluding carboxylic acids is 1. The molecule has 0 radical (unpaired) electrons. The first kappa shape index (κ1) is 24.7. The standard InChI is InChI=1S/C21H18Cl4N4O2S/c1-3-7-29-20(12(2)31-14-6-4-5-13(22)8-14)27-28-21(29)32-11-19(30)26-18-10-16(24)15(23)9-17(18)25/h3-6,8-10,12H,1,7,11H2,2H3,(H,26,30). The van der Waals surface area contributed by atoms with Crippen LogP contribution in [0.5, 0.6) is 5.75 Å². The van der Waals surface area contributed by atoms with Gasteiger partial charge in [0.15, 0.2) is 17.1 Å². The van der Waals surface area contributed by atoms with Crippen LogP contribution in [0.15, 0.2) is 54.2 Å². The number of aromatic nitrogens is 3. The summed E-state index contributed by atoms with van der Waals surface area (Å²) in [5.41, 5.74) is 0.378. The van der Waals surface area contributed by atoms with E-state index in [1.165, 1.54) is 23.9 Å². The van der Waals surface area contributed by atoms with Crippen molar-refractivity contribution in [3.05, 3.63) is 75.0 Å². The maximum Gasteiger partial charge on any atom is 0.234 e. The minimum atomic E-state index is -0.404. The van der Waals surface area contributed by atoms with E-state index in [2.05, 4.69) is 22.1 Å². The molecule has 0 saturated heterocycles. The molecule has 1 aromatic heterocycles. The molecule has 0 fully saturated rings. The molecular formula is C21H18Cl4N4O2S. The van der Waals surface area contributed by atoms with Crippen LogP contribution >= 0.6 is 58.2 Å². The molecule has 2 aromatic carbocycles. The van der Waals surface area contributed by atoms with E-state index in [9.17, 15) is 4.79 Å². The molecule has 0 aliphatic rings. The fraction of sp³-hybridized carbons (Fsp3) is 0.190. The lowest BCUT2D eigenvalue weighted by molar-refractivity contribution is -0.113. The summed E-state index contributed by atoms with van der Waals surface area (Å²) in [6.45, 7) is 6.10. The largest absolute Gasteiger partial charge is 0.483 e. The zero-order valence-corrected chi connectivity index (χ0v) is 20.7. The zero-order chi connectivity index (χ0) is 23.3. The minimum absolute atomic E-state index is 0.0788. The summed E-state index contributed by atoms with van der Waals surface area (Å²) in [4.78, 5) is 12.4. The van der Waals surface area contributed by atoms with Gasteiger partial charge in [-0.1, -0.05) is 70.3 Å². The number of carbonyl (C=O) groups is 1. The normalized spacial score (nSPS) is 11.8. The Labute approximate surface area is 209 Å². The number of nitrogens with one attached hydrogen (secondary N) is 1. The van der Waals surface area contributed by atoms with Gasteiger partial charge >= 0.3 is 0 Å². The summed E-state index contributed by atoms with van der Waals surface area (Å²) < 4.78 is 7.79. The molecule has 6 nitrogen and oxygen atoms in total. The molecule has 0 aliphatic carbocycles. The minimum Gasteiger partial charge on any atom is -0.483 e. The predicted octanol–water partition coefficient (Wildman–Crippen LogP) is 6.95. The molecule has 0 spiro atoms. The average molecular weight is 532 g/mol. The average Bonchev–Trinajstić information content (AvgIpc) is 3.13. The van der Waals surface area contributed by atoms with Crippen molar-refractivity contribution in [1.82, 2.24) is 14.8 Å². The Morgan fingerprint density at radius 3 is 2.66 bits per heavy atom. The van der Waals surface area contributed by atoms with E-state index in [4.69, 9.17) is 51.1 Å². The molecule has 1 unspecified atom stereocenters. The van der Waals surface area contributed by atoms with Crippen LogP contribution in [0.2, 0.25) is 20.1 Å². The van der Waals surface area contributed by atoms with Crippen LogP contribution in [-0.4, -0.2) is 26.4 Å². The number of ether oxygens (including phenoxy) is 1. The topological polar surface area (TPSA) is 69.0 Å². The highest BCUT2D eigenvalue weighted by Crippen LogP contribution is 2.32. The van der Waals surface area contributed by atoms with Crippen molar-refractivity contribution in [3.8, 4) is 5.75 Å². The Bertz CT molecular complexity index is 1140. The molecule has 3 aromatic rings. The second-order valence-electron chi connectivity index (χ2n) is 6.54. The van der Waals surface area contributed by atoms with Gasteiger partial charge in [-0.25, -0.2) is 0 Å². The van der Waals surface area contributed by atoms with E-state index in [1.807, 2.05) is 17.6 Å². The van der Waals surface area contributed by atoms with Gasteiger partial charge in [-0.15, -0.1) is 16.8 Å². The van der Waals surface area contributed by atoms with E-state index in [1.54, 1.807) is 24.3 Å². The molecular weight excluding hydrogens is 514 g/mol. The number of hydrogen-bond acceptors (Lipinski definition) is 5. The molecule has 0 bridgehead atoms. The zero-order valence-electron chi connectivity index (χ0n) is 16.8. The van der Waals surface area contributed by atoms with Crippen molar-refractivity contribution >= 4 is 69.8 Å². The summed E-state index contributed by atoms with van der Waals surface area (Å²) in [7, 11) is 0. The van der Waals surface area contributed by atoms with E-state index in [-0.39, 0.29) is 11.7 Å². The molecule has 0 aliphatic heterocycles. The van der Waals surface area contributed by atoms with E-state index < -0.39 is 6.10 Å². The van der Waals surface area contributed by atoms with Crippen LogP contribution in [-0.2, 0) is 11.3 Å². The first-order valence-electron chi connectivity index (χ1n) is 9.32. The first-order chi connectivity index (χ1) is 15.3. The van der Waals surface area contributed by atoms with Crippen molar-refractivity contribution in [1.29, 1.82) is 0 Å². The van der Waals surface area contributed by atoms with Gasteiger partial charge in [-0.2, -0.15) is 0 Å². The Morgan fingerprint density at radius 2 is 1.94 bits per heavy atom. The predicted molar refractivity (Wildman–Crippen MR) is 132 cm³/mol. The molecule has 3 rings (SSSR count). The summed E-state index contributed by atoms with van der Waals surface area (Å²) in [6.07, 6.45) is 1.32. The fourth-order valence-electron chi connectivity index (χ4n) is 2.74. The van der Waals surface area contributed by atoms with Gasteiger partial charge in [-0.05, 0) is 37.3 Å². The van der Waals surface area contributed by atoms with E-state index in [0.29, 0.717) is 49.1 Å².